The van der Waals surface area contributed by atoms with Gasteiger partial charge in [-0.05, 0) is 50.1 Å². The zero-order valence-electron chi connectivity index (χ0n) is 18.4. The highest BCUT2D eigenvalue weighted by Crippen LogP contribution is 2.24. The third-order valence-corrected chi connectivity index (χ3v) is 5.26. The molecule has 3 heterocycles. The Hall–Kier alpha value is -3.87. The number of H-pyrrole nitrogens is 1. The van der Waals surface area contributed by atoms with Crippen LogP contribution >= 0.6 is 0 Å². The number of hydrogen-bond donors (Lipinski definition) is 2. The molecule has 0 radical (unpaired) electrons. The SMILES string of the molecule is CCCc1c(C(=O)Nc2cccc(OCc3cn4ccccc4n3)c2)[nH]c(C)c1C(C)=O. The van der Waals surface area contributed by atoms with Crippen LogP contribution in [0.25, 0.3) is 5.65 Å². The predicted octanol–water partition coefficient (Wildman–Crippen LogP) is 4.96. The summed E-state index contributed by atoms with van der Waals surface area (Å²) in [5, 5.41) is 2.92. The molecular formula is C25H26N4O3. The number of imidazole rings is 1. The Kier molecular flexibility index (Phi) is 6.07. The topological polar surface area (TPSA) is 88.5 Å². The van der Waals surface area contributed by atoms with Gasteiger partial charge in [-0.2, -0.15) is 0 Å². The summed E-state index contributed by atoms with van der Waals surface area (Å²) in [4.78, 5) is 32.7. The van der Waals surface area contributed by atoms with Crippen LogP contribution in [0.5, 0.6) is 5.75 Å². The number of benzene rings is 1. The molecule has 4 aromatic rings. The smallest absolute Gasteiger partial charge is 0.272 e. The van der Waals surface area contributed by atoms with Crippen molar-refractivity contribution in [3.63, 3.8) is 0 Å². The Morgan fingerprint density at radius 1 is 1.19 bits per heavy atom. The zero-order valence-corrected chi connectivity index (χ0v) is 18.4. The van der Waals surface area contributed by atoms with Gasteiger partial charge in [0.05, 0.1) is 5.69 Å². The van der Waals surface area contributed by atoms with E-state index in [2.05, 4.69) is 15.3 Å². The molecule has 0 bridgehead atoms. The fourth-order valence-corrected chi connectivity index (χ4v) is 3.92. The van der Waals surface area contributed by atoms with Gasteiger partial charge in [-0.25, -0.2) is 4.98 Å². The number of nitrogens with one attached hydrogen (secondary N) is 2. The van der Waals surface area contributed by atoms with E-state index in [9.17, 15) is 9.59 Å². The number of carbonyl (C=O) groups is 2. The van der Waals surface area contributed by atoms with Crippen molar-refractivity contribution in [1.82, 2.24) is 14.4 Å². The number of carbonyl (C=O) groups excluding carboxylic acids is 2. The number of pyridine rings is 1. The largest absolute Gasteiger partial charge is 0.487 e. The first-order valence-corrected chi connectivity index (χ1v) is 10.7. The number of Topliss-reactive ketones (excluding diaryl/α,β-unsaturated/α-hetero) is 1. The molecule has 7 heteroatoms. The number of amides is 1. The molecule has 0 unspecified atom stereocenters. The molecule has 7 nitrogen and oxygen atoms in total. The van der Waals surface area contributed by atoms with Crippen LogP contribution in [0.15, 0.2) is 54.9 Å². The van der Waals surface area contributed by atoms with E-state index in [0.29, 0.717) is 35.7 Å². The lowest BCUT2D eigenvalue weighted by atomic mass is 10.0. The summed E-state index contributed by atoms with van der Waals surface area (Å²) in [7, 11) is 0. The summed E-state index contributed by atoms with van der Waals surface area (Å²) >= 11 is 0. The van der Waals surface area contributed by atoms with Crippen molar-refractivity contribution < 1.29 is 14.3 Å². The molecule has 1 amide bonds. The first-order valence-electron chi connectivity index (χ1n) is 10.7. The fourth-order valence-electron chi connectivity index (χ4n) is 3.92. The van der Waals surface area contributed by atoms with E-state index in [0.717, 1.165) is 29.0 Å². The lowest BCUT2D eigenvalue weighted by Crippen LogP contribution is -2.15. The molecule has 0 saturated heterocycles. The normalized spacial score (nSPS) is 11.0. The van der Waals surface area contributed by atoms with Crippen molar-refractivity contribution in [3.8, 4) is 5.75 Å². The molecule has 0 aliphatic heterocycles. The maximum atomic E-state index is 13.0. The molecule has 0 saturated carbocycles. The molecule has 0 aliphatic rings. The van der Waals surface area contributed by atoms with Crippen molar-refractivity contribution in [1.29, 1.82) is 0 Å². The predicted molar refractivity (Wildman–Crippen MR) is 123 cm³/mol. The first-order chi connectivity index (χ1) is 15.5. The highest BCUT2D eigenvalue weighted by atomic mass is 16.5. The Labute approximate surface area is 186 Å². The number of aromatic amines is 1. The minimum atomic E-state index is -0.276. The number of ether oxygens (including phenoxy) is 1. The zero-order chi connectivity index (χ0) is 22.7. The molecule has 0 atom stereocenters. The monoisotopic (exact) mass is 430 g/mol. The van der Waals surface area contributed by atoms with Crippen LogP contribution in [0, 0.1) is 6.92 Å². The van der Waals surface area contributed by atoms with Crippen molar-refractivity contribution >= 4 is 23.0 Å². The summed E-state index contributed by atoms with van der Waals surface area (Å²) in [6.45, 7) is 5.69. The Morgan fingerprint density at radius 2 is 2.03 bits per heavy atom. The van der Waals surface area contributed by atoms with E-state index < -0.39 is 0 Å². The van der Waals surface area contributed by atoms with Crippen LogP contribution in [0.3, 0.4) is 0 Å². The van der Waals surface area contributed by atoms with E-state index >= 15 is 0 Å². The second-order valence-corrected chi connectivity index (χ2v) is 7.75. The van der Waals surface area contributed by atoms with Crippen molar-refractivity contribution in [3.05, 3.63) is 83.1 Å². The third kappa shape index (κ3) is 4.42. The molecule has 1 aromatic carbocycles. The van der Waals surface area contributed by atoms with Crippen LogP contribution in [0.2, 0.25) is 0 Å². The fraction of sp³-hybridized carbons (Fsp3) is 0.240. The molecule has 2 N–H and O–H groups in total. The highest BCUT2D eigenvalue weighted by molar-refractivity contribution is 6.07. The van der Waals surface area contributed by atoms with E-state index in [1.807, 2.05) is 61.0 Å². The molecule has 164 valence electrons. The highest BCUT2D eigenvalue weighted by Gasteiger charge is 2.22. The Bertz CT molecular complexity index is 1250. The minimum absolute atomic E-state index is 0.0383. The van der Waals surface area contributed by atoms with Gasteiger partial charge in [0.1, 0.15) is 23.7 Å². The third-order valence-electron chi connectivity index (χ3n) is 5.26. The summed E-state index contributed by atoms with van der Waals surface area (Å²) in [6, 6.07) is 13.1. The van der Waals surface area contributed by atoms with Gasteiger partial charge < -0.3 is 19.4 Å². The number of ketones is 1. The molecule has 3 aromatic heterocycles. The minimum Gasteiger partial charge on any atom is -0.487 e. The number of fused-ring (bicyclic) bond motifs is 1. The number of hydrogen-bond acceptors (Lipinski definition) is 4. The summed E-state index contributed by atoms with van der Waals surface area (Å²) in [6.07, 6.45) is 5.36. The quantitative estimate of drug-likeness (QED) is 0.387. The second-order valence-electron chi connectivity index (χ2n) is 7.75. The van der Waals surface area contributed by atoms with Gasteiger partial charge in [-0.15, -0.1) is 0 Å². The van der Waals surface area contributed by atoms with Crippen LogP contribution in [-0.4, -0.2) is 26.1 Å². The van der Waals surface area contributed by atoms with Gasteiger partial charge in [0.15, 0.2) is 5.78 Å². The van der Waals surface area contributed by atoms with Crippen molar-refractivity contribution in [2.24, 2.45) is 0 Å². The maximum absolute atomic E-state index is 13.0. The van der Waals surface area contributed by atoms with Crippen LogP contribution in [0.4, 0.5) is 5.69 Å². The molecule has 0 spiro atoms. The van der Waals surface area contributed by atoms with Gasteiger partial charge in [0.2, 0.25) is 0 Å². The van der Waals surface area contributed by atoms with Gasteiger partial charge in [0, 0.05) is 35.4 Å². The summed E-state index contributed by atoms with van der Waals surface area (Å²) < 4.78 is 7.83. The van der Waals surface area contributed by atoms with Gasteiger partial charge in [-0.1, -0.05) is 25.5 Å². The standard InChI is InChI=1S/C25H26N4O3/c1-4-8-21-23(17(3)30)16(2)26-24(21)25(31)28-18-9-7-10-20(13-18)32-15-19-14-29-12-6-5-11-22(29)27-19/h5-7,9-14,26H,4,8,15H2,1-3H3,(H,28,31). The van der Waals surface area contributed by atoms with Crippen LogP contribution in [-0.2, 0) is 13.0 Å². The van der Waals surface area contributed by atoms with Gasteiger partial charge >= 0.3 is 0 Å². The van der Waals surface area contributed by atoms with E-state index in [4.69, 9.17) is 4.74 Å². The maximum Gasteiger partial charge on any atom is 0.272 e. The Morgan fingerprint density at radius 3 is 2.78 bits per heavy atom. The van der Waals surface area contributed by atoms with Crippen molar-refractivity contribution in [2.75, 3.05) is 5.32 Å². The van der Waals surface area contributed by atoms with Gasteiger partial charge in [-0.3, -0.25) is 9.59 Å². The Balaban J connectivity index is 1.48. The number of aromatic nitrogens is 3. The van der Waals surface area contributed by atoms with E-state index in [1.165, 1.54) is 6.92 Å². The second kappa shape index (κ2) is 9.09. The molecular weight excluding hydrogens is 404 g/mol. The first kappa shape index (κ1) is 21.4. The van der Waals surface area contributed by atoms with E-state index in [-0.39, 0.29) is 11.7 Å². The lowest BCUT2D eigenvalue weighted by molar-refractivity contribution is 0.101. The molecule has 32 heavy (non-hydrogen) atoms. The van der Waals surface area contributed by atoms with Crippen LogP contribution in [0.1, 0.15) is 58.1 Å². The van der Waals surface area contributed by atoms with Gasteiger partial charge in [0.25, 0.3) is 5.91 Å². The average molecular weight is 431 g/mol. The summed E-state index contributed by atoms with van der Waals surface area (Å²) in [5.41, 5.74) is 4.83. The molecule has 0 fully saturated rings. The number of nitrogens with zero attached hydrogens (tertiary/aromatic N) is 2. The summed E-state index contributed by atoms with van der Waals surface area (Å²) in [5.74, 6) is 0.311. The molecule has 4 rings (SSSR count). The average Bonchev–Trinajstić information content (AvgIpc) is 3.33. The van der Waals surface area contributed by atoms with Crippen LogP contribution < -0.4 is 10.1 Å². The lowest BCUT2D eigenvalue weighted by Gasteiger charge is -2.09. The van der Waals surface area contributed by atoms with E-state index in [1.54, 1.807) is 12.1 Å². The number of rotatable bonds is 8. The number of aryl methyl sites for hydroxylation is 1. The number of anilines is 1. The molecule has 0 aliphatic carbocycles. The van der Waals surface area contributed by atoms with Crippen molar-refractivity contribution in [2.45, 2.75) is 40.2 Å².